The Morgan fingerprint density at radius 2 is 1.67 bits per heavy atom. The highest BCUT2D eigenvalue weighted by molar-refractivity contribution is 7.98. The van der Waals surface area contributed by atoms with Gasteiger partial charge in [-0.3, -0.25) is 0 Å². The number of carbonyl (C=O) groups is 1. The van der Waals surface area contributed by atoms with E-state index in [9.17, 15) is 9.90 Å². The van der Waals surface area contributed by atoms with Crippen LogP contribution in [0.1, 0.15) is 71.4 Å². The van der Waals surface area contributed by atoms with Gasteiger partial charge in [-0.2, -0.15) is 11.8 Å². The Balaban J connectivity index is 1.66. The highest BCUT2D eigenvalue weighted by atomic mass is 32.2. The topological polar surface area (TPSA) is 89.9 Å². The molecule has 2 aliphatic heterocycles. The zero-order valence-corrected chi connectivity index (χ0v) is 32.8. The molecule has 0 radical (unpaired) electrons. The third-order valence-corrected chi connectivity index (χ3v) is 17.0. The SMILES string of the molecule is COCCCN1CCOc2ccc(CO[C@H]3CN(C(=O)O)C[C@@H](O[Si](C(C)C)(C(C)C)C(C)C)[C@@H]3c3ccc(OCCCSC)cc3)cc21. The zero-order chi connectivity index (χ0) is 35.6. The highest BCUT2D eigenvalue weighted by Gasteiger charge is 2.51. The van der Waals surface area contributed by atoms with E-state index in [1.54, 1.807) is 7.11 Å². The van der Waals surface area contributed by atoms with Crippen LogP contribution in [0.2, 0.25) is 16.6 Å². The minimum Gasteiger partial charge on any atom is -0.494 e. The number of nitrogens with zero attached hydrogens (tertiary/aromatic N) is 2. The third-order valence-electron chi connectivity index (χ3n) is 10.2. The number of methoxy groups -OCH3 is 1. The van der Waals surface area contributed by atoms with Crippen LogP contribution in [0.3, 0.4) is 0 Å². The van der Waals surface area contributed by atoms with Gasteiger partial charge in [-0.05, 0) is 76.9 Å². The number of hydrogen-bond donors (Lipinski definition) is 1. The van der Waals surface area contributed by atoms with Gasteiger partial charge in [0.2, 0.25) is 8.32 Å². The molecule has 0 saturated carbocycles. The molecule has 2 aliphatic rings. The van der Waals surface area contributed by atoms with E-state index in [0.717, 1.165) is 60.0 Å². The molecular weight excluding hydrogens is 657 g/mol. The van der Waals surface area contributed by atoms with Crippen molar-refractivity contribution in [2.75, 3.05) is 70.0 Å². The standard InChI is InChI=1S/C38H60N2O7SSi/c1-27(2)49(28(3)4,29(5)6)47-36-25-40(38(41)42)24-35(37(36)31-12-14-32(15-13-31)44-20-10-22-48-8)46-26-30-11-16-34-33(23-30)39(18-21-45-34)17-9-19-43-7/h11-16,23,27-29,35-37H,9-10,17-22,24-26H2,1-8H3,(H,41,42)/t35-,36+,37+/m0/s1. The summed E-state index contributed by atoms with van der Waals surface area (Å²) in [6, 6.07) is 14.5. The maximum atomic E-state index is 12.6. The first-order chi connectivity index (χ1) is 23.5. The molecule has 0 unspecified atom stereocenters. The number of thioether (sulfide) groups is 1. The Morgan fingerprint density at radius 1 is 0.980 bits per heavy atom. The molecule has 274 valence electrons. The van der Waals surface area contributed by atoms with Gasteiger partial charge in [-0.25, -0.2) is 4.79 Å². The van der Waals surface area contributed by atoms with Gasteiger partial charge in [0.25, 0.3) is 0 Å². The van der Waals surface area contributed by atoms with Gasteiger partial charge < -0.3 is 38.3 Å². The van der Waals surface area contributed by atoms with Crippen molar-refractivity contribution in [3.05, 3.63) is 53.6 Å². The molecule has 49 heavy (non-hydrogen) atoms. The van der Waals surface area contributed by atoms with Crippen LogP contribution in [-0.2, 0) is 20.5 Å². The Morgan fingerprint density at radius 3 is 2.31 bits per heavy atom. The summed E-state index contributed by atoms with van der Waals surface area (Å²) in [7, 11) is -0.644. The van der Waals surface area contributed by atoms with Gasteiger partial charge in [-0.15, -0.1) is 0 Å². The lowest BCUT2D eigenvalue weighted by molar-refractivity contribution is -0.0630. The molecular formula is C38H60N2O7SSi. The van der Waals surface area contributed by atoms with E-state index in [4.69, 9.17) is 23.4 Å². The fourth-order valence-electron chi connectivity index (χ4n) is 7.92. The second-order valence-corrected chi connectivity index (χ2v) is 20.7. The van der Waals surface area contributed by atoms with Crippen LogP contribution >= 0.6 is 11.8 Å². The molecule has 4 rings (SSSR count). The Labute approximate surface area is 300 Å². The Kier molecular flexibility index (Phi) is 15.0. The van der Waals surface area contributed by atoms with Crippen LogP contribution in [0, 0.1) is 0 Å². The monoisotopic (exact) mass is 716 g/mol. The van der Waals surface area contributed by atoms with Gasteiger partial charge in [0.15, 0.2) is 0 Å². The number of benzene rings is 2. The van der Waals surface area contributed by atoms with E-state index in [1.807, 2.05) is 30.0 Å². The predicted molar refractivity (Wildman–Crippen MR) is 202 cm³/mol. The van der Waals surface area contributed by atoms with Gasteiger partial charge in [-0.1, -0.05) is 59.7 Å². The van der Waals surface area contributed by atoms with E-state index < -0.39 is 20.5 Å². The molecule has 1 saturated heterocycles. The molecule has 11 heteroatoms. The number of anilines is 1. The number of amides is 1. The molecule has 9 nitrogen and oxygen atoms in total. The molecule has 3 atom stereocenters. The van der Waals surface area contributed by atoms with E-state index in [1.165, 1.54) is 4.90 Å². The van der Waals surface area contributed by atoms with Crippen LogP contribution in [0.15, 0.2) is 42.5 Å². The molecule has 0 aromatic heterocycles. The lowest BCUT2D eigenvalue weighted by Crippen LogP contribution is -2.59. The average molecular weight is 717 g/mol. The lowest BCUT2D eigenvalue weighted by Gasteiger charge is -2.50. The van der Waals surface area contributed by atoms with Crippen LogP contribution in [0.25, 0.3) is 0 Å². The van der Waals surface area contributed by atoms with Crippen molar-refractivity contribution in [3.8, 4) is 11.5 Å². The molecule has 1 fully saturated rings. The minimum absolute atomic E-state index is 0.157. The van der Waals surface area contributed by atoms with E-state index in [-0.39, 0.29) is 18.6 Å². The van der Waals surface area contributed by atoms with Crippen LogP contribution in [0.4, 0.5) is 10.5 Å². The van der Waals surface area contributed by atoms with Crippen LogP contribution < -0.4 is 14.4 Å². The number of likely N-dealkylation sites (tertiary alicyclic amines) is 1. The maximum Gasteiger partial charge on any atom is 0.407 e. The quantitative estimate of drug-likeness (QED) is 0.121. The number of fused-ring (bicyclic) bond motifs is 1. The van der Waals surface area contributed by atoms with Crippen molar-refractivity contribution in [2.24, 2.45) is 0 Å². The van der Waals surface area contributed by atoms with Crippen LogP contribution in [0.5, 0.6) is 11.5 Å². The molecule has 0 aliphatic carbocycles. The van der Waals surface area contributed by atoms with Crippen molar-refractivity contribution in [1.82, 2.24) is 4.90 Å². The smallest absolute Gasteiger partial charge is 0.407 e. The summed E-state index contributed by atoms with van der Waals surface area (Å²) in [6.45, 7) is 18.3. The number of hydrogen-bond acceptors (Lipinski definition) is 8. The normalized spacial score (nSPS) is 19.8. The largest absolute Gasteiger partial charge is 0.494 e. The molecule has 0 bridgehead atoms. The van der Waals surface area contributed by atoms with Crippen molar-refractivity contribution < 1.29 is 33.3 Å². The summed E-state index contributed by atoms with van der Waals surface area (Å²) in [6.07, 6.45) is 2.33. The van der Waals surface area contributed by atoms with E-state index in [2.05, 4.69) is 77.0 Å². The van der Waals surface area contributed by atoms with Crippen molar-refractivity contribution in [3.63, 3.8) is 0 Å². The Bertz CT molecular complexity index is 1290. The fraction of sp³-hybridized carbons (Fsp3) is 0.658. The number of rotatable bonds is 18. The summed E-state index contributed by atoms with van der Waals surface area (Å²) in [5, 5.41) is 10.3. The van der Waals surface area contributed by atoms with E-state index in [0.29, 0.717) is 49.6 Å². The van der Waals surface area contributed by atoms with Gasteiger partial charge in [0.05, 0.1) is 44.2 Å². The van der Waals surface area contributed by atoms with Gasteiger partial charge in [0.1, 0.15) is 18.1 Å². The molecule has 1 N–H and O–H groups in total. The average Bonchev–Trinajstić information content (AvgIpc) is 3.08. The van der Waals surface area contributed by atoms with Crippen molar-refractivity contribution >= 4 is 31.9 Å². The summed E-state index contributed by atoms with van der Waals surface area (Å²) in [4.78, 5) is 16.4. The number of carboxylic acid groups (broad SMARTS) is 1. The minimum atomic E-state index is -2.38. The third kappa shape index (κ3) is 9.87. The predicted octanol–water partition coefficient (Wildman–Crippen LogP) is 8.28. The summed E-state index contributed by atoms with van der Waals surface area (Å²) < 4.78 is 31.6. The molecule has 2 aromatic rings. The molecule has 2 aromatic carbocycles. The first-order valence-corrected chi connectivity index (χ1v) is 21.5. The lowest BCUT2D eigenvalue weighted by atomic mass is 9.84. The van der Waals surface area contributed by atoms with Crippen molar-refractivity contribution in [2.45, 2.75) is 95.7 Å². The van der Waals surface area contributed by atoms with E-state index >= 15 is 0 Å². The summed E-state index contributed by atoms with van der Waals surface area (Å²) in [5.41, 5.74) is 4.23. The highest BCUT2D eigenvalue weighted by Crippen LogP contribution is 2.46. The van der Waals surface area contributed by atoms with Gasteiger partial charge >= 0.3 is 6.09 Å². The summed E-state index contributed by atoms with van der Waals surface area (Å²) >= 11 is 1.82. The molecule has 2 heterocycles. The zero-order valence-electron chi connectivity index (χ0n) is 31.0. The fourth-order valence-corrected chi connectivity index (χ4v) is 13.9. The first-order valence-electron chi connectivity index (χ1n) is 18.0. The number of ether oxygens (including phenoxy) is 4. The second-order valence-electron chi connectivity index (χ2n) is 14.3. The first kappa shape index (κ1) is 39.3. The van der Waals surface area contributed by atoms with Crippen molar-refractivity contribution in [1.29, 1.82) is 0 Å². The second kappa shape index (κ2) is 18.7. The maximum absolute atomic E-state index is 12.6. The van der Waals surface area contributed by atoms with Crippen LogP contribution in [-0.4, -0.2) is 102 Å². The summed E-state index contributed by atoms with van der Waals surface area (Å²) in [5.74, 6) is 2.62. The molecule has 1 amide bonds. The van der Waals surface area contributed by atoms with Gasteiger partial charge in [0, 0.05) is 32.7 Å². The number of piperidine rings is 1. The molecule has 0 spiro atoms. The Hall–Kier alpha value is -2.44.